The highest BCUT2D eigenvalue weighted by molar-refractivity contribution is 6.35. The molecule has 106 valence electrons. The number of anilines is 1. The van der Waals surface area contributed by atoms with Crippen LogP contribution in [0.5, 0.6) is 0 Å². The molecule has 1 N–H and O–H groups in total. The van der Waals surface area contributed by atoms with Crippen LogP contribution >= 0.6 is 23.2 Å². The van der Waals surface area contributed by atoms with Gasteiger partial charge in [-0.1, -0.05) is 23.2 Å². The van der Waals surface area contributed by atoms with Gasteiger partial charge in [0.1, 0.15) is 6.04 Å². The minimum atomic E-state index is -0.431. The highest BCUT2D eigenvalue weighted by Crippen LogP contribution is 2.36. The number of carbonyl (C=O) groups excluding carboxylic acids is 2. The van der Waals surface area contributed by atoms with Crippen LogP contribution in [0.4, 0.5) is 5.69 Å². The van der Waals surface area contributed by atoms with Gasteiger partial charge in [0.15, 0.2) is 0 Å². The summed E-state index contributed by atoms with van der Waals surface area (Å²) in [5.41, 5.74) is 0.575. The molecule has 2 fully saturated rings. The van der Waals surface area contributed by atoms with Crippen molar-refractivity contribution < 1.29 is 9.59 Å². The van der Waals surface area contributed by atoms with E-state index in [2.05, 4.69) is 5.32 Å². The van der Waals surface area contributed by atoms with Gasteiger partial charge in [-0.15, -0.1) is 0 Å². The van der Waals surface area contributed by atoms with Gasteiger partial charge in [0.2, 0.25) is 11.8 Å². The lowest BCUT2D eigenvalue weighted by Crippen LogP contribution is -2.46. The lowest BCUT2D eigenvalue weighted by Gasteiger charge is -2.25. The predicted octanol–water partition coefficient (Wildman–Crippen LogP) is 2.62. The average Bonchev–Trinajstić information content (AvgIpc) is 3.23. The maximum absolute atomic E-state index is 12.6. The molecule has 2 aliphatic rings. The minimum absolute atomic E-state index is 0.0871. The third kappa shape index (κ3) is 2.63. The van der Waals surface area contributed by atoms with E-state index in [4.69, 9.17) is 23.2 Å². The Labute approximate surface area is 127 Å². The summed E-state index contributed by atoms with van der Waals surface area (Å²) in [5, 5.41) is 3.80. The van der Waals surface area contributed by atoms with E-state index in [1.165, 1.54) is 0 Å². The van der Waals surface area contributed by atoms with E-state index in [1.54, 1.807) is 23.1 Å². The number of halogens is 2. The summed E-state index contributed by atoms with van der Waals surface area (Å²) in [5.74, 6) is 0.0726. The number of benzene rings is 1. The number of hydrogen-bond donors (Lipinski definition) is 1. The molecule has 0 spiro atoms. The molecular formula is C14H14Cl2N2O2. The smallest absolute Gasteiger partial charge is 0.249 e. The van der Waals surface area contributed by atoms with Gasteiger partial charge in [0.25, 0.3) is 0 Å². The molecule has 1 aliphatic heterocycles. The third-order valence-electron chi connectivity index (χ3n) is 3.70. The molecule has 4 nitrogen and oxygen atoms in total. The topological polar surface area (TPSA) is 49.4 Å². The van der Waals surface area contributed by atoms with Crippen LogP contribution in [0.2, 0.25) is 10.0 Å². The quantitative estimate of drug-likeness (QED) is 0.912. The third-order valence-corrected chi connectivity index (χ3v) is 4.26. The summed E-state index contributed by atoms with van der Waals surface area (Å²) in [4.78, 5) is 26.0. The van der Waals surface area contributed by atoms with Crippen LogP contribution in [-0.4, -0.2) is 24.4 Å². The van der Waals surface area contributed by atoms with Crippen molar-refractivity contribution in [3.63, 3.8) is 0 Å². The molecule has 1 atom stereocenters. The molecule has 1 saturated carbocycles. The predicted molar refractivity (Wildman–Crippen MR) is 78.1 cm³/mol. The second kappa shape index (κ2) is 5.26. The molecule has 1 aromatic carbocycles. The molecule has 0 radical (unpaired) electrons. The van der Waals surface area contributed by atoms with Gasteiger partial charge in [-0.3, -0.25) is 9.59 Å². The number of carbonyl (C=O) groups is 2. The first-order valence-corrected chi connectivity index (χ1v) is 7.37. The van der Waals surface area contributed by atoms with E-state index < -0.39 is 6.04 Å². The summed E-state index contributed by atoms with van der Waals surface area (Å²) in [6.45, 7) is 0.327. The standard InChI is InChI=1S/C14H14Cl2N2O2/c15-9-3-4-10(16)11(7-9)18-6-5-12(19)17-13(14(18)20)8-1-2-8/h3-4,7-8,13H,1-2,5-6H2,(H,17,19). The van der Waals surface area contributed by atoms with Gasteiger partial charge < -0.3 is 10.2 Å². The summed E-state index contributed by atoms with van der Waals surface area (Å²) in [7, 11) is 0. The zero-order valence-electron chi connectivity index (χ0n) is 10.7. The zero-order valence-corrected chi connectivity index (χ0v) is 12.2. The van der Waals surface area contributed by atoms with Gasteiger partial charge in [0, 0.05) is 18.0 Å². The summed E-state index contributed by atoms with van der Waals surface area (Å²) >= 11 is 12.2. The van der Waals surface area contributed by atoms with Crippen molar-refractivity contribution in [2.75, 3.05) is 11.4 Å². The Morgan fingerprint density at radius 1 is 1.20 bits per heavy atom. The molecule has 0 bridgehead atoms. The van der Waals surface area contributed by atoms with Gasteiger partial charge in [-0.2, -0.15) is 0 Å². The fourth-order valence-corrected chi connectivity index (χ4v) is 2.87. The van der Waals surface area contributed by atoms with Crippen LogP contribution < -0.4 is 10.2 Å². The van der Waals surface area contributed by atoms with Crippen LogP contribution in [0.3, 0.4) is 0 Å². The van der Waals surface area contributed by atoms with E-state index >= 15 is 0 Å². The first-order valence-electron chi connectivity index (χ1n) is 6.62. The molecule has 1 aliphatic carbocycles. The van der Waals surface area contributed by atoms with E-state index in [1.807, 2.05) is 0 Å². The Kier molecular flexibility index (Phi) is 3.61. The van der Waals surface area contributed by atoms with Gasteiger partial charge in [-0.25, -0.2) is 0 Å². The monoisotopic (exact) mass is 312 g/mol. The molecule has 1 aromatic rings. The summed E-state index contributed by atoms with van der Waals surface area (Å²) < 4.78 is 0. The lowest BCUT2D eigenvalue weighted by atomic mass is 10.1. The van der Waals surface area contributed by atoms with Crippen molar-refractivity contribution in [2.24, 2.45) is 5.92 Å². The highest BCUT2D eigenvalue weighted by atomic mass is 35.5. The number of rotatable bonds is 2. The van der Waals surface area contributed by atoms with Crippen molar-refractivity contribution in [1.82, 2.24) is 5.32 Å². The van der Waals surface area contributed by atoms with E-state index in [0.29, 0.717) is 22.3 Å². The minimum Gasteiger partial charge on any atom is -0.344 e. The Hall–Kier alpha value is -1.26. The van der Waals surface area contributed by atoms with Crippen molar-refractivity contribution in [1.29, 1.82) is 0 Å². The molecule has 2 amide bonds. The lowest BCUT2D eigenvalue weighted by molar-refractivity contribution is -0.126. The van der Waals surface area contributed by atoms with E-state index in [-0.39, 0.29) is 24.2 Å². The first kappa shape index (κ1) is 13.7. The largest absolute Gasteiger partial charge is 0.344 e. The maximum atomic E-state index is 12.6. The molecule has 1 saturated heterocycles. The van der Waals surface area contributed by atoms with Gasteiger partial charge in [0.05, 0.1) is 10.7 Å². The average molecular weight is 313 g/mol. The maximum Gasteiger partial charge on any atom is 0.249 e. The van der Waals surface area contributed by atoms with Gasteiger partial charge in [-0.05, 0) is 37.0 Å². The molecule has 3 rings (SSSR count). The molecule has 0 aromatic heterocycles. The van der Waals surface area contributed by atoms with Crippen LogP contribution in [0.1, 0.15) is 19.3 Å². The summed E-state index contributed by atoms with van der Waals surface area (Å²) in [6, 6.07) is 4.58. The molecule has 6 heteroatoms. The Morgan fingerprint density at radius 2 is 1.95 bits per heavy atom. The van der Waals surface area contributed by atoms with Crippen LogP contribution in [-0.2, 0) is 9.59 Å². The van der Waals surface area contributed by atoms with Crippen LogP contribution in [0.15, 0.2) is 18.2 Å². The second-order valence-electron chi connectivity index (χ2n) is 5.22. The van der Waals surface area contributed by atoms with E-state index in [0.717, 1.165) is 12.8 Å². The van der Waals surface area contributed by atoms with Crippen molar-refractivity contribution >= 4 is 40.7 Å². The number of nitrogens with one attached hydrogen (secondary N) is 1. The fourth-order valence-electron chi connectivity index (χ4n) is 2.48. The Balaban J connectivity index is 1.96. The summed E-state index contributed by atoms with van der Waals surface area (Å²) in [6.07, 6.45) is 2.24. The van der Waals surface area contributed by atoms with Gasteiger partial charge >= 0.3 is 0 Å². The van der Waals surface area contributed by atoms with Crippen LogP contribution in [0, 0.1) is 5.92 Å². The normalized spacial score (nSPS) is 23.5. The molecule has 1 heterocycles. The van der Waals surface area contributed by atoms with Crippen LogP contribution in [0.25, 0.3) is 0 Å². The van der Waals surface area contributed by atoms with Crippen molar-refractivity contribution in [3.8, 4) is 0 Å². The SMILES string of the molecule is O=C1CCN(c2cc(Cl)ccc2Cl)C(=O)C(C2CC2)N1. The number of hydrogen-bond acceptors (Lipinski definition) is 2. The molecule has 1 unspecified atom stereocenters. The Morgan fingerprint density at radius 3 is 2.65 bits per heavy atom. The second-order valence-corrected chi connectivity index (χ2v) is 6.06. The number of amides is 2. The fraction of sp³-hybridized carbons (Fsp3) is 0.429. The number of nitrogens with zero attached hydrogens (tertiary/aromatic N) is 1. The van der Waals surface area contributed by atoms with E-state index in [9.17, 15) is 9.59 Å². The van der Waals surface area contributed by atoms with Crippen molar-refractivity contribution in [2.45, 2.75) is 25.3 Å². The highest BCUT2D eigenvalue weighted by Gasteiger charge is 2.41. The molecule has 20 heavy (non-hydrogen) atoms. The Bertz CT molecular complexity index is 572. The van der Waals surface area contributed by atoms with Crippen molar-refractivity contribution in [3.05, 3.63) is 28.2 Å². The molecular weight excluding hydrogens is 299 g/mol. The zero-order chi connectivity index (χ0) is 14.3. The first-order chi connectivity index (χ1) is 9.56.